The zero-order valence-corrected chi connectivity index (χ0v) is 19.3. The first-order valence-corrected chi connectivity index (χ1v) is 11.5. The van der Waals surface area contributed by atoms with E-state index in [9.17, 15) is 4.79 Å². The molecule has 6 heteroatoms. The van der Waals surface area contributed by atoms with Crippen molar-refractivity contribution in [2.24, 2.45) is 5.92 Å². The summed E-state index contributed by atoms with van der Waals surface area (Å²) in [4.78, 5) is 14.7. The highest BCUT2D eigenvalue weighted by molar-refractivity contribution is 6.30. The van der Waals surface area contributed by atoms with Crippen LogP contribution in [0.2, 0.25) is 5.02 Å². The average Bonchev–Trinajstić information content (AvgIpc) is 2.78. The van der Waals surface area contributed by atoms with Gasteiger partial charge in [-0.2, -0.15) is 0 Å². The SMILES string of the molecule is CCOc1cc(CN2CCC(CCC(=O)NCc3cccc(Cl)c3)CC2)ccc1OC. The highest BCUT2D eigenvalue weighted by Gasteiger charge is 2.20. The minimum atomic E-state index is 0.115. The van der Waals surface area contributed by atoms with E-state index in [4.69, 9.17) is 21.1 Å². The minimum Gasteiger partial charge on any atom is -0.493 e. The summed E-state index contributed by atoms with van der Waals surface area (Å²) in [7, 11) is 1.67. The fraction of sp³-hybridized carbons (Fsp3) is 0.480. The quantitative estimate of drug-likeness (QED) is 0.556. The molecule has 0 radical (unpaired) electrons. The molecule has 1 aliphatic heterocycles. The predicted molar refractivity (Wildman–Crippen MR) is 125 cm³/mol. The van der Waals surface area contributed by atoms with Crippen molar-refractivity contribution in [3.63, 3.8) is 0 Å². The summed E-state index contributed by atoms with van der Waals surface area (Å²) in [6.07, 6.45) is 3.81. The summed E-state index contributed by atoms with van der Waals surface area (Å²) in [5.41, 5.74) is 2.27. The fourth-order valence-electron chi connectivity index (χ4n) is 4.05. The number of rotatable bonds is 10. The molecule has 0 saturated carbocycles. The molecule has 1 heterocycles. The number of benzene rings is 2. The van der Waals surface area contributed by atoms with Gasteiger partial charge in [-0.1, -0.05) is 29.8 Å². The normalized spacial score (nSPS) is 14.9. The van der Waals surface area contributed by atoms with E-state index in [1.807, 2.05) is 37.3 Å². The van der Waals surface area contributed by atoms with Crippen molar-refractivity contribution >= 4 is 17.5 Å². The molecule has 2 aromatic carbocycles. The van der Waals surface area contributed by atoms with Crippen molar-refractivity contribution in [1.82, 2.24) is 10.2 Å². The molecule has 1 saturated heterocycles. The number of likely N-dealkylation sites (tertiary alicyclic amines) is 1. The van der Waals surface area contributed by atoms with Crippen molar-refractivity contribution in [3.05, 3.63) is 58.6 Å². The molecule has 0 aromatic heterocycles. The smallest absolute Gasteiger partial charge is 0.220 e. The second kappa shape index (κ2) is 12.0. The van der Waals surface area contributed by atoms with E-state index in [0.717, 1.165) is 56.0 Å². The first-order valence-electron chi connectivity index (χ1n) is 11.1. The molecule has 1 amide bonds. The van der Waals surface area contributed by atoms with Crippen molar-refractivity contribution in [2.75, 3.05) is 26.8 Å². The molecule has 168 valence electrons. The number of halogens is 1. The maximum Gasteiger partial charge on any atom is 0.220 e. The largest absolute Gasteiger partial charge is 0.493 e. The van der Waals surface area contributed by atoms with Gasteiger partial charge in [-0.05, 0) is 80.6 Å². The molecule has 3 rings (SSSR count). The van der Waals surface area contributed by atoms with Crippen molar-refractivity contribution < 1.29 is 14.3 Å². The molecule has 5 nitrogen and oxygen atoms in total. The topological polar surface area (TPSA) is 50.8 Å². The van der Waals surface area contributed by atoms with E-state index in [1.165, 1.54) is 5.56 Å². The highest BCUT2D eigenvalue weighted by Crippen LogP contribution is 2.29. The van der Waals surface area contributed by atoms with Crippen LogP contribution in [-0.2, 0) is 17.9 Å². The Labute approximate surface area is 190 Å². The molecule has 1 fully saturated rings. The van der Waals surface area contributed by atoms with Crippen LogP contribution in [0.4, 0.5) is 0 Å². The van der Waals surface area contributed by atoms with E-state index < -0.39 is 0 Å². The van der Waals surface area contributed by atoms with Gasteiger partial charge in [0, 0.05) is 24.5 Å². The van der Waals surface area contributed by atoms with Gasteiger partial charge in [0.25, 0.3) is 0 Å². The molecular weight excluding hydrogens is 412 g/mol. The van der Waals surface area contributed by atoms with E-state index in [2.05, 4.69) is 22.3 Å². The van der Waals surface area contributed by atoms with Gasteiger partial charge in [-0.3, -0.25) is 9.69 Å². The third kappa shape index (κ3) is 7.44. The lowest BCUT2D eigenvalue weighted by molar-refractivity contribution is -0.121. The molecule has 0 atom stereocenters. The Balaban J connectivity index is 1.37. The summed E-state index contributed by atoms with van der Waals surface area (Å²) in [6, 6.07) is 13.8. The highest BCUT2D eigenvalue weighted by atomic mass is 35.5. The fourth-order valence-corrected chi connectivity index (χ4v) is 4.26. The van der Waals surface area contributed by atoms with E-state index in [0.29, 0.717) is 30.5 Å². The Hall–Kier alpha value is -2.24. The summed E-state index contributed by atoms with van der Waals surface area (Å²) < 4.78 is 11.1. The third-order valence-corrected chi connectivity index (χ3v) is 6.03. The minimum absolute atomic E-state index is 0.115. The maximum absolute atomic E-state index is 12.2. The first-order chi connectivity index (χ1) is 15.1. The standard InChI is InChI=1S/C25H33ClN2O3/c1-3-31-24-16-21(7-9-23(24)30-2)18-28-13-11-19(12-14-28)8-10-25(29)27-17-20-5-4-6-22(26)15-20/h4-7,9,15-16,19H,3,8,10-14,17-18H2,1-2H3,(H,27,29). The monoisotopic (exact) mass is 444 g/mol. The zero-order valence-electron chi connectivity index (χ0n) is 18.5. The molecule has 1 N–H and O–H groups in total. The molecule has 31 heavy (non-hydrogen) atoms. The predicted octanol–water partition coefficient (Wildman–Crippen LogP) is 5.06. The summed E-state index contributed by atoms with van der Waals surface area (Å²) >= 11 is 5.99. The van der Waals surface area contributed by atoms with Crippen LogP contribution in [0.15, 0.2) is 42.5 Å². The van der Waals surface area contributed by atoms with Gasteiger partial charge in [-0.15, -0.1) is 0 Å². The molecule has 2 aromatic rings. The number of piperidine rings is 1. The lowest BCUT2D eigenvalue weighted by Gasteiger charge is -2.32. The number of nitrogens with zero attached hydrogens (tertiary/aromatic N) is 1. The maximum atomic E-state index is 12.2. The second-order valence-electron chi connectivity index (χ2n) is 8.08. The Kier molecular flexibility index (Phi) is 9.04. The zero-order chi connectivity index (χ0) is 22.1. The van der Waals surface area contributed by atoms with E-state index in [-0.39, 0.29) is 5.91 Å². The molecule has 0 aliphatic carbocycles. The number of carbonyl (C=O) groups excluding carboxylic acids is 1. The van der Waals surface area contributed by atoms with Crippen LogP contribution in [0.5, 0.6) is 11.5 Å². The second-order valence-corrected chi connectivity index (χ2v) is 8.52. The summed E-state index contributed by atoms with van der Waals surface area (Å²) in [5.74, 6) is 2.31. The number of carbonyl (C=O) groups is 1. The van der Waals surface area contributed by atoms with Crippen LogP contribution in [0, 0.1) is 5.92 Å². The van der Waals surface area contributed by atoms with E-state index >= 15 is 0 Å². The molecule has 0 spiro atoms. The molecular formula is C25H33ClN2O3. The first kappa shape index (κ1) is 23.4. The Morgan fingerprint density at radius 2 is 1.94 bits per heavy atom. The van der Waals surface area contributed by atoms with Crippen LogP contribution in [0.3, 0.4) is 0 Å². The summed E-state index contributed by atoms with van der Waals surface area (Å²) in [6.45, 7) is 6.17. The number of amides is 1. The molecule has 0 unspecified atom stereocenters. The van der Waals surface area contributed by atoms with Crippen LogP contribution >= 0.6 is 11.6 Å². The van der Waals surface area contributed by atoms with Crippen LogP contribution < -0.4 is 14.8 Å². The molecule has 0 bridgehead atoms. The van der Waals surface area contributed by atoms with Crippen LogP contribution in [0.25, 0.3) is 0 Å². The van der Waals surface area contributed by atoms with Crippen molar-refractivity contribution in [1.29, 1.82) is 0 Å². The summed E-state index contributed by atoms with van der Waals surface area (Å²) in [5, 5.41) is 3.70. The Bertz CT molecular complexity index is 850. The van der Waals surface area contributed by atoms with Crippen LogP contribution in [-0.4, -0.2) is 37.6 Å². The van der Waals surface area contributed by atoms with Gasteiger partial charge in [0.1, 0.15) is 0 Å². The number of hydrogen-bond acceptors (Lipinski definition) is 4. The lowest BCUT2D eigenvalue weighted by Crippen LogP contribution is -2.33. The van der Waals surface area contributed by atoms with Gasteiger partial charge < -0.3 is 14.8 Å². The van der Waals surface area contributed by atoms with Crippen molar-refractivity contribution in [3.8, 4) is 11.5 Å². The number of ether oxygens (including phenoxy) is 2. The van der Waals surface area contributed by atoms with Gasteiger partial charge in [-0.25, -0.2) is 0 Å². The number of methoxy groups -OCH3 is 1. The third-order valence-electron chi connectivity index (χ3n) is 5.80. The van der Waals surface area contributed by atoms with Gasteiger partial charge in [0.15, 0.2) is 11.5 Å². The van der Waals surface area contributed by atoms with Gasteiger partial charge >= 0.3 is 0 Å². The Morgan fingerprint density at radius 3 is 2.65 bits per heavy atom. The van der Waals surface area contributed by atoms with Gasteiger partial charge in [0.05, 0.1) is 13.7 Å². The average molecular weight is 445 g/mol. The van der Waals surface area contributed by atoms with Crippen molar-refractivity contribution in [2.45, 2.75) is 45.7 Å². The molecule has 1 aliphatic rings. The number of nitrogens with one attached hydrogen (secondary N) is 1. The van der Waals surface area contributed by atoms with Crippen LogP contribution in [0.1, 0.15) is 43.7 Å². The van der Waals surface area contributed by atoms with Gasteiger partial charge in [0.2, 0.25) is 5.91 Å². The lowest BCUT2D eigenvalue weighted by atomic mass is 9.92. The number of hydrogen-bond donors (Lipinski definition) is 1. The van der Waals surface area contributed by atoms with E-state index in [1.54, 1.807) is 7.11 Å². The Morgan fingerprint density at radius 1 is 1.13 bits per heavy atom.